The van der Waals surface area contributed by atoms with Gasteiger partial charge in [-0.25, -0.2) is 0 Å². The van der Waals surface area contributed by atoms with E-state index in [1.807, 2.05) is 12.1 Å². The zero-order valence-electron chi connectivity index (χ0n) is 9.82. The van der Waals surface area contributed by atoms with E-state index >= 15 is 0 Å². The molecule has 1 aromatic carbocycles. The molecule has 2 N–H and O–H groups in total. The van der Waals surface area contributed by atoms with Crippen LogP contribution >= 0.6 is 27.3 Å². The number of hydrogen-bond donors (Lipinski definition) is 2. The second kappa shape index (κ2) is 5.03. The molecule has 0 amide bonds. The van der Waals surface area contributed by atoms with Gasteiger partial charge in [-0.15, -0.1) is 11.3 Å². The molecule has 0 bridgehead atoms. The smallest absolute Gasteiger partial charge is 0.0858 e. The number of halogens is 1. The summed E-state index contributed by atoms with van der Waals surface area (Å²) in [5.74, 6) is 0. The van der Waals surface area contributed by atoms with Crippen LogP contribution in [0.2, 0.25) is 0 Å². The van der Waals surface area contributed by atoms with E-state index in [0.29, 0.717) is 6.42 Å². The molecule has 94 valence electrons. The van der Waals surface area contributed by atoms with Gasteiger partial charge in [-0.1, -0.05) is 18.2 Å². The molecule has 1 aliphatic heterocycles. The lowest BCUT2D eigenvalue weighted by molar-refractivity contribution is 0.180. The minimum absolute atomic E-state index is 0.434. The van der Waals surface area contributed by atoms with Crippen LogP contribution in [0, 0.1) is 0 Å². The van der Waals surface area contributed by atoms with Crippen LogP contribution in [-0.4, -0.2) is 11.7 Å². The lowest BCUT2D eigenvalue weighted by Gasteiger charge is -2.14. The van der Waals surface area contributed by atoms with Crippen LogP contribution < -0.4 is 5.32 Å². The van der Waals surface area contributed by atoms with Gasteiger partial charge in [0, 0.05) is 38.9 Å². The number of anilines is 1. The maximum absolute atomic E-state index is 10.4. The summed E-state index contributed by atoms with van der Waals surface area (Å²) >= 11 is 5.12. The molecule has 0 aliphatic carbocycles. The number of benzene rings is 1. The number of aliphatic hydroxyl groups excluding tert-OH is 1. The first kappa shape index (κ1) is 12.2. The number of hydrogen-bond acceptors (Lipinski definition) is 3. The molecule has 2 heterocycles. The summed E-state index contributed by atoms with van der Waals surface area (Å²) in [4.78, 5) is 1.20. The molecule has 0 saturated carbocycles. The number of nitrogens with one attached hydrogen (secondary N) is 1. The van der Waals surface area contributed by atoms with Crippen LogP contribution in [0.25, 0.3) is 0 Å². The van der Waals surface area contributed by atoms with Crippen LogP contribution in [0.15, 0.2) is 34.1 Å². The van der Waals surface area contributed by atoms with E-state index < -0.39 is 6.10 Å². The fraction of sp³-hybridized carbons (Fsp3) is 0.286. The molecule has 2 nitrogen and oxygen atoms in total. The van der Waals surface area contributed by atoms with E-state index in [0.717, 1.165) is 28.7 Å². The Morgan fingerprint density at radius 2 is 2.33 bits per heavy atom. The van der Waals surface area contributed by atoms with Gasteiger partial charge in [0.15, 0.2) is 0 Å². The highest BCUT2D eigenvalue weighted by atomic mass is 79.9. The Bertz CT molecular complexity index is 567. The predicted octanol–water partition coefficient (Wildman–Crippen LogP) is 3.75. The summed E-state index contributed by atoms with van der Waals surface area (Å²) in [6.07, 6.45) is 1.30. The molecule has 3 rings (SSSR count). The van der Waals surface area contributed by atoms with Crippen LogP contribution in [-0.2, 0) is 12.8 Å². The Morgan fingerprint density at radius 3 is 3.11 bits per heavy atom. The molecule has 1 unspecified atom stereocenters. The van der Waals surface area contributed by atoms with Gasteiger partial charge in [0.25, 0.3) is 0 Å². The van der Waals surface area contributed by atoms with Crippen molar-refractivity contribution in [3.8, 4) is 0 Å². The van der Waals surface area contributed by atoms with Crippen molar-refractivity contribution in [2.24, 2.45) is 0 Å². The Labute approximate surface area is 119 Å². The van der Waals surface area contributed by atoms with E-state index in [-0.39, 0.29) is 0 Å². The molecular formula is C14H14BrNOS. The first-order chi connectivity index (χ1) is 8.74. The van der Waals surface area contributed by atoms with Crippen LogP contribution in [0.4, 0.5) is 5.69 Å². The zero-order chi connectivity index (χ0) is 12.5. The normalized spacial score (nSPS) is 15.2. The van der Waals surface area contributed by atoms with Gasteiger partial charge in [0.2, 0.25) is 0 Å². The fourth-order valence-electron chi connectivity index (χ4n) is 2.41. The molecule has 1 aromatic heterocycles. The second-order valence-corrected chi connectivity index (χ2v) is 6.42. The van der Waals surface area contributed by atoms with E-state index in [1.54, 1.807) is 11.3 Å². The number of aliphatic hydroxyl groups is 1. The summed E-state index contributed by atoms with van der Waals surface area (Å²) in [7, 11) is 0. The SMILES string of the molecule is OC(Cc1cc(Br)cs1)c1cccc2c1NCC2. The van der Waals surface area contributed by atoms with Crippen molar-refractivity contribution >= 4 is 33.0 Å². The molecule has 0 fully saturated rings. The average Bonchev–Trinajstić information content (AvgIpc) is 2.97. The highest BCUT2D eigenvalue weighted by molar-refractivity contribution is 9.10. The highest BCUT2D eigenvalue weighted by Crippen LogP contribution is 2.33. The van der Waals surface area contributed by atoms with Gasteiger partial charge in [-0.05, 0) is 34.0 Å². The van der Waals surface area contributed by atoms with E-state index in [4.69, 9.17) is 0 Å². The molecule has 1 aliphatic rings. The third kappa shape index (κ3) is 2.32. The first-order valence-corrected chi connectivity index (χ1v) is 7.68. The van der Waals surface area contributed by atoms with Gasteiger partial charge in [-0.3, -0.25) is 0 Å². The van der Waals surface area contributed by atoms with E-state index in [9.17, 15) is 5.11 Å². The van der Waals surface area contributed by atoms with Crippen molar-refractivity contribution in [2.45, 2.75) is 18.9 Å². The largest absolute Gasteiger partial charge is 0.388 e. The standard InChI is InChI=1S/C14H14BrNOS/c15-10-6-11(18-8-10)7-13(17)12-3-1-2-9-4-5-16-14(9)12/h1-3,6,8,13,16-17H,4-5,7H2. The predicted molar refractivity (Wildman–Crippen MR) is 79.3 cm³/mol. The minimum Gasteiger partial charge on any atom is -0.388 e. The van der Waals surface area contributed by atoms with Gasteiger partial charge < -0.3 is 10.4 Å². The third-order valence-corrected chi connectivity index (χ3v) is 4.97. The Balaban J connectivity index is 1.84. The van der Waals surface area contributed by atoms with E-state index in [2.05, 4.69) is 38.8 Å². The summed E-state index contributed by atoms with van der Waals surface area (Å²) in [5.41, 5.74) is 3.48. The van der Waals surface area contributed by atoms with Gasteiger partial charge in [0.05, 0.1) is 6.10 Å². The molecule has 18 heavy (non-hydrogen) atoms. The zero-order valence-corrected chi connectivity index (χ0v) is 12.2. The maximum Gasteiger partial charge on any atom is 0.0858 e. The third-order valence-electron chi connectivity index (χ3n) is 3.25. The van der Waals surface area contributed by atoms with Gasteiger partial charge >= 0.3 is 0 Å². The molecule has 4 heteroatoms. The first-order valence-electron chi connectivity index (χ1n) is 6.00. The fourth-order valence-corrected chi connectivity index (χ4v) is 3.89. The molecular weight excluding hydrogens is 310 g/mol. The number of fused-ring (bicyclic) bond motifs is 1. The quantitative estimate of drug-likeness (QED) is 0.901. The number of rotatable bonds is 3. The Hall–Kier alpha value is -0.840. The van der Waals surface area contributed by atoms with Crippen molar-refractivity contribution < 1.29 is 5.11 Å². The van der Waals surface area contributed by atoms with Gasteiger partial charge in [-0.2, -0.15) is 0 Å². The van der Waals surface area contributed by atoms with Crippen molar-refractivity contribution in [3.63, 3.8) is 0 Å². The summed E-state index contributed by atoms with van der Waals surface area (Å²) < 4.78 is 1.09. The molecule has 0 radical (unpaired) electrons. The number of thiophene rings is 1. The number of para-hydroxylation sites is 1. The Kier molecular flexibility index (Phi) is 3.41. The molecule has 2 aromatic rings. The van der Waals surface area contributed by atoms with Crippen molar-refractivity contribution in [1.29, 1.82) is 0 Å². The summed E-state index contributed by atoms with van der Waals surface area (Å²) in [6.45, 7) is 0.976. The van der Waals surface area contributed by atoms with Crippen molar-refractivity contribution in [2.75, 3.05) is 11.9 Å². The molecule has 0 spiro atoms. The highest BCUT2D eigenvalue weighted by Gasteiger charge is 2.19. The second-order valence-electron chi connectivity index (χ2n) is 4.51. The van der Waals surface area contributed by atoms with Crippen LogP contribution in [0.5, 0.6) is 0 Å². The average molecular weight is 324 g/mol. The molecule has 0 saturated heterocycles. The van der Waals surface area contributed by atoms with Crippen LogP contribution in [0.3, 0.4) is 0 Å². The Morgan fingerprint density at radius 1 is 1.44 bits per heavy atom. The summed E-state index contributed by atoms with van der Waals surface area (Å²) in [6, 6.07) is 8.26. The molecule has 1 atom stereocenters. The lowest BCUT2D eigenvalue weighted by atomic mass is 10.0. The topological polar surface area (TPSA) is 32.3 Å². The van der Waals surface area contributed by atoms with Crippen molar-refractivity contribution in [1.82, 2.24) is 0 Å². The monoisotopic (exact) mass is 323 g/mol. The van der Waals surface area contributed by atoms with E-state index in [1.165, 1.54) is 10.4 Å². The van der Waals surface area contributed by atoms with Crippen molar-refractivity contribution in [3.05, 3.63) is 50.1 Å². The van der Waals surface area contributed by atoms with Crippen LogP contribution in [0.1, 0.15) is 22.1 Å². The van der Waals surface area contributed by atoms with Gasteiger partial charge in [0.1, 0.15) is 0 Å². The minimum atomic E-state index is -0.434. The maximum atomic E-state index is 10.4. The lowest BCUT2D eigenvalue weighted by Crippen LogP contribution is -2.04. The summed E-state index contributed by atoms with van der Waals surface area (Å²) in [5, 5.41) is 15.8.